The SMILES string of the molecule is Cc1c(N(C)S(=O)(=O)c2cc(C(=O)N3CCOCC3c3cccc(Br)c3)ccc2Cl)c(=O)n(-c2ccccc2)n1C. The third kappa shape index (κ3) is 5.34. The van der Waals surface area contributed by atoms with Crippen molar-refractivity contribution in [2.45, 2.75) is 17.9 Å². The van der Waals surface area contributed by atoms with Gasteiger partial charge in [0, 0.05) is 30.7 Å². The molecule has 0 spiro atoms. The zero-order valence-corrected chi connectivity index (χ0v) is 25.8. The third-order valence-corrected chi connectivity index (χ3v) is 10.0. The maximum absolute atomic E-state index is 13.9. The van der Waals surface area contributed by atoms with Crippen LogP contribution in [0.1, 0.15) is 27.7 Å². The summed E-state index contributed by atoms with van der Waals surface area (Å²) in [5.41, 5.74) is 1.57. The second-order valence-corrected chi connectivity index (χ2v) is 12.9. The number of amides is 1. The first-order valence-electron chi connectivity index (χ1n) is 12.8. The van der Waals surface area contributed by atoms with Crippen molar-refractivity contribution in [3.63, 3.8) is 0 Å². The minimum atomic E-state index is -4.34. The fourth-order valence-corrected chi connectivity index (χ4v) is 7.18. The van der Waals surface area contributed by atoms with Gasteiger partial charge in [-0.3, -0.25) is 18.6 Å². The summed E-state index contributed by atoms with van der Waals surface area (Å²) in [5.74, 6) is -0.351. The van der Waals surface area contributed by atoms with Gasteiger partial charge in [0.2, 0.25) is 0 Å². The molecule has 1 atom stereocenters. The van der Waals surface area contributed by atoms with Gasteiger partial charge in [-0.1, -0.05) is 57.9 Å². The van der Waals surface area contributed by atoms with Gasteiger partial charge in [-0.2, -0.15) is 0 Å². The van der Waals surface area contributed by atoms with Crippen molar-refractivity contribution in [1.82, 2.24) is 14.3 Å². The Hall–Kier alpha value is -3.38. The van der Waals surface area contributed by atoms with Crippen molar-refractivity contribution in [2.24, 2.45) is 7.05 Å². The molecule has 1 aliphatic rings. The van der Waals surface area contributed by atoms with E-state index in [1.165, 1.54) is 29.9 Å². The lowest BCUT2D eigenvalue weighted by Crippen LogP contribution is -2.43. The fourth-order valence-electron chi connectivity index (χ4n) is 5.02. The maximum Gasteiger partial charge on any atom is 0.296 e. The van der Waals surface area contributed by atoms with Gasteiger partial charge in [-0.25, -0.2) is 13.1 Å². The van der Waals surface area contributed by atoms with Crippen LogP contribution in [0.2, 0.25) is 5.02 Å². The summed E-state index contributed by atoms with van der Waals surface area (Å²) in [5, 5.41) is -0.0594. The van der Waals surface area contributed by atoms with E-state index in [9.17, 15) is 18.0 Å². The molecule has 214 valence electrons. The largest absolute Gasteiger partial charge is 0.377 e. The Morgan fingerprint density at radius 1 is 1.07 bits per heavy atom. The molecule has 9 nitrogen and oxygen atoms in total. The number of morpholine rings is 1. The van der Waals surface area contributed by atoms with E-state index in [0.717, 1.165) is 14.3 Å². The summed E-state index contributed by atoms with van der Waals surface area (Å²) >= 11 is 9.89. The number of anilines is 1. The summed E-state index contributed by atoms with van der Waals surface area (Å²) in [6.07, 6.45) is 0. The standard InChI is InChI=1S/C29H28BrClN4O5S/c1-19-27(29(37)35(32(19)2)23-10-5-4-6-11-23)33(3)41(38,39)26-17-21(12-13-24(26)31)28(36)34-14-15-40-18-25(34)20-8-7-9-22(30)16-20/h4-13,16-17,25H,14-15,18H2,1-3H3. The van der Waals surface area contributed by atoms with Crippen LogP contribution < -0.4 is 9.86 Å². The maximum atomic E-state index is 13.9. The van der Waals surface area contributed by atoms with Gasteiger partial charge in [0.05, 0.1) is 35.7 Å². The number of halogens is 2. The molecule has 0 radical (unpaired) electrons. The lowest BCUT2D eigenvalue weighted by atomic mass is 10.0. The molecule has 1 aliphatic heterocycles. The number of nitrogens with zero attached hydrogens (tertiary/aromatic N) is 4. The van der Waals surface area contributed by atoms with Crippen LogP contribution in [0.5, 0.6) is 0 Å². The molecule has 12 heteroatoms. The summed E-state index contributed by atoms with van der Waals surface area (Å²) < 4.78 is 38.3. The number of carbonyl (C=O) groups excluding carboxylic acids is 1. The molecule has 4 aromatic rings. The molecule has 1 amide bonds. The van der Waals surface area contributed by atoms with Crippen molar-refractivity contribution in [3.8, 4) is 5.69 Å². The Balaban J connectivity index is 1.52. The molecule has 0 saturated carbocycles. The van der Waals surface area contributed by atoms with E-state index in [0.29, 0.717) is 31.1 Å². The van der Waals surface area contributed by atoms with Gasteiger partial charge < -0.3 is 9.64 Å². The van der Waals surface area contributed by atoms with Crippen molar-refractivity contribution in [3.05, 3.63) is 109 Å². The summed E-state index contributed by atoms with van der Waals surface area (Å²) in [7, 11) is -1.34. The number of carbonyl (C=O) groups is 1. The van der Waals surface area contributed by atoms with E-state index >= 15 is 0 Å². The summed E-state index contributed by atoms with van der Waals surface area (Å²) in [6.45, 7) is 2.68. The van der Waals surface area contributed by atoms with Gasteiger partial charge in [-0.15, -0.1) is 0 Å². The summed E-state index contributed by atoms with van der Waals surface area (Å²) in [4.78, 5) is 28.7. The molecule has 2 heterocycles. The van der Waals surface area contributed by atoms with Crippen LogP contribution in [0.15, 0.2) is 87.0 Å². The molecule has 1 fully saturated rings. The normalized spacial score (nSPS) is 15.6. The smallest absolute Gasteiger partial charge is 0.296 e. The van der Waals surface area contributed by atoms with Crippen LogP contribution in [0.3, 0.4) is 0 Å². The molecule has 41 heavy (non-hydrogen) atoms. The molecule has 3 aromatic carbocycles. The number of rotatable bonds is 6. The number of hydrogen-bond donors (Lipinski definition) is 0. The minimum absolute atomic E-state index is 0.0213. The van der Waals surface area contributed by atoms with Crippen LogP contribution in [0.4, 0.5) is 5.69 Å². The van der Waals surface area contributed by atoms with Crippen LogP contribution in [0.25, 0.3) is 5.69 Å². The molecule has 1 aromatic heterocycles. The summed E-state index contributed by atoms with van der Waals surface area (Å²) in [6, 6.07) is 20.4. The Kier molecular flexibility index (Phi) is 8.15. The predicted molar refractivity (Wildman–Crippen MR) is 162 cm³/mol. The van der Waals surface area contributed by atoms with Crippen LogP contribution in [-0.4, -0.2) is 55.4 Å². The van der Waals surface area contributed by atoms with Crippen LogP contribution in [-0.2, 0) is 21.8 Å². The van der Waals surface area contributed by atoms with Crippen LogP contribution >= 0.6 is 27.5 Å². The number of sulfonamides is 1. The zero-order valence-electron chi connectivity index (χ0n) is 22.6. The third-order valence-electron chi connectivity index (χ3n) is 7.28. The molecule has 1 saturated heterocycles. The second-order valence-electron chi connectivity index (χ2n) is 9.67. The quantitative estimate of drug-likeness (QED) is 0.293. The number of benzene rings is 3. The van der Waals surface area contributed by atoms with Crippen molar-refractivity contribution < 1.29 is 17.9 Å². The van der Waals surface area contributed by atoms with E-state index in [1.807, 2.05) is 30.3 Å². The van der Waals surface area contributed by atoms with E-state index in [-0.39, 0.29) is 33.1 Å². The lowest BCUT2D eigenvalue weighted by Gasteiger charge is -2.36. The number of para-hydroxylation sites is 1. The highest BCUT2D eigenvalue weighted by Crippen LogP contribution is 2.32. The van der Waals surface area contributed by atoms with E-state index in [4.69, 9.17) is 16.3 Å². The highest BCUT2D eigenvalue weighted by atomic mass is 79.9. The molecule has 0 N–H and O–H groups in total. The first kappa shape index (κ1) is 29.1. The average Bonchev–Trinajstić information content (AvgIpc) is 3.19. The van der Waals surface area contributed by atoms with Crippen molar-refractivity contribution in [2.75, 3.05) is 31.1 Å². The molecule has 0 aliphatic carbocycles. The van der Waals surface area contributed by atoms with Crippen molar-refractivity contribution in [1.29, 1.82) is 0 Å². The van der Waals surface area contributed by atoms with E-state index in [1.54, 1.807) is 47.8 Å². The highest BCUT2D eigenvalue weighted by molar-refractivity contribution is 9.10. The van der Waals surface area contributed by atoms with Gasteiger partial charge >= 0.3 is 0 Å². The van der Waals surface area contributed by atoms with Gasteiger partial charge in [-0.05, 0) is 55.0 Å². The molecule has 1 unspecified atom stereocenters. The Labute approximate surface area is 251 Å². The predicted octanol–water partition coefficient (Wildman–Crippen LogP) is 4.94. The van der Waals surface area contributed by atoms with Crippen molar-refractivity contribution >= 4 is 49.1 Å². The Morgan fingerprint density at radius 2 is 1.80 bits per heavy atom. The van der Waals surface area contributed by atoms with Gasteiger partial charge in [0.1, 0.15) is 10.6 Å². The number of hydrogen-bond acceptors (Lipinski definition) is 5. The van der Waals surface area contributed by atoms with E-state index < -0.39 is 15.6 Å². The van der Waals surface area contributed by atoms with Gasteiger partial charge in [0.15, 0.2) is 0 Å². The first-order chi connectivity index (χ1) is 19.5. The van der Waals surface area contributed by atoms with E-state index in [2.05, 4.69) is 15.9 Å². The molecule has 5 rings (SSSR count). The lowest BCUT2D eigenvalue weighted by molar-refractivity contribution is -0.00272. The highest BCUT2D eigenvalue weighted by Gasteiger charge is 2.33. The Morgan fingerprint density at radius 3 is 2.51 bits per heavy atom. The topological polar surface area (TPSA) is 93.9 Å². The van der Waals surface area contributed by atoms with Gasteiger partial charge in [0.25, 0.3) is 21.5 Å². The Bertz CT molecular complexity index is 1790. The number of aromatic nitrogens is 2. The monoisotopic (exact) mass is 658 g/mol. The number of ether oxygens (including phenoxy) is 1. The zero-order chi connectivity index (χ0) is 29.5. The average molecular weight is 660 g/mol. The minimum Gasteiger partial charge on any atom is -0.377 e. The fraction of sp³-hybridized carbons (Fsp3) is 0.241. The molecular formula is C29H28BrClN4O5S. The molecular weight excluding hydrogens is 632 g/mol. The molecule has 0 bridgehead atoms. The second kappa shape index (κ2) is 11.5. The first-order valence-corrected chi connectivity index (χ1v) is 15.4. The van der Waals surface area contributed by atoms with Crippen LogP contribution in [0, 0.1) is 6.92 Å².